The number of aliphatic carboxylic acids is 1. The first-order chi connectivity index (χ1) is 9.63. The van der Waals surface area contributed by atoms with E-state index in [2.05, 4.69) is 12.2 Å². The Labute approximate surface area is 125 Å². The molecule has 0 aromatic heterocycles. The van der Waals surface area contributed by atoms with Crippen molar-refractivity contribution in [2.45, 2.75) is 39.2 Å². The molecule has 0 bridgehead atoms. The molecule has 0 radical (unpaired) electrons. The molecular weight excluding hydrogens is 278 g/mol. The first-order valence-corrected chi connectivity index (χ1v) is 7.35. The van der Waals surface area contributed by atoms with E-state index in [0.717, 1.165) is 18.5 Å². The quantitative estimate of drug-likeness (QED) is 0.650. The second-order valence-corrected chi connectivity index (χ2v) is 5.11. The van der Waals surface area contributed by atoms with Gasteiger partial charge >= 0.3 is 5.97 Å². The normalized spacial score (nSPS) is 10.5. The van der Waals surface area contributed by atoms with Gasteiger partial charge in [0.2, 0.25) is 0 Å². The molecule has 4 nitrogen and oxygen atoms in total. The Morgan fingerprint density at radius 2 is 2.15 bits per heavy atom. The number of rotatable bonds is 10. The van der Waals surface area contributed by atoms with E-state index < -0.39 is 5.97 Å². The highest BCUT2D eigenvalue weighted by atomic mass is 35.5. The lowest BCUT2D eigenvalue weighted by Gasteiger charge is -2.11. The van der Waals surface area contributed by atoms with Crippen molar-refractivity contribution < 1.29 is 14.6 Å². The molecule has 0 unspecified atom stereocenters. The maximum Gasteiger partial charge on any atom is 0.341 e. The molecule has 0 saturated carbocycles. The molecule has 2 N–H and O–H groups in total. The molecule has 0 spiro atoms. The number of unbranched alkanes of at least 4 members (excludes halogenated alkanes) is 3. The minimum absolute atomic E-state index is 0.342. The van der Waals surface area contributed by atoms with Gasteiger partial charge in [0.15, 0.2) is 6.61 Å². The van der Waals surface area contributed by atoms with E-state index in [-0.39, 0.29) is 6.61 Å². The van der Waals surface area contributed by atoms with Gasteiger partial charge in [0, 0.05) is 17.1 Å². The van der Waals surface area contributed by atoms with Gasteiger partial charge in [-0.1, -0.05) is 37.8 Å². The predicted octanol–water partition coefficient (Wildman–Crippen LogP) is 3.47. The molecule has 0 atom stereocenters. The minimum Gasteiger partial charge on any atom is -0.482 e. The smallest absolute Gasteiger partial charge is 0.341 e. The van der Waals surface area contributed by atoms with Gasteiger partial charge in [-0.2, -0.15) is 0 Å². The summed E-state index contributed by atoms with van der Waals surface area (Å²) in [7, 11) is 0. The number of hydrogen-bond donors (Lipinski definition) is 2. The Morgan fingerprint density at radius 1 is 1.35 bits per heavy atom. The fraction of sp³-hybridized carbons (Fsp3) is 0.533. The molecule has 1 aromatic carbocycles. The van der Waals surface area contributed by atoms with Crippen LogP contribution in [0.1, 0.15) is 38.2 Å². The largest absolute Gasteiger partial charge is 0.482 e. The molecule has 0 saturated heterocycles. The summed E-state index contributed by atoms with van der Waals surface area (Å²) in [5.41, 5.74) is 0.884. The van der Waals surface area contributed by atoms with E-state index in [1.54, 1.807) is 18.2 Å². The van der Waals surface area contributed by atoms with E-state index in [0.29, 0.717) is 17.3 Å². The Bertz CT molecular complexity index is 424. The summed E-state index contributed by atoms with van der Waals surface area (Å²) in [5.74, 6) is -0.420. The van der Waals surface area contributed by atoms with E-state index in [1.165, 1.54) is 19.3 Å². The zero-order valence-electron chi connectivity index (χ0n) is 11.8. The van der Waals surface area contributed by atoms with Crippen LogP contribution in [0.4, 0.5) is 0 Å². The maximum atomic E-state index is 10.5. The van der Waals surface area contributed by atoms with Crippen LogP contribution >= 0.6 is 11.6 Å². The number of hydrogen-bond acceptors (Lipinski definition) is 3. The van der Waals surface area contributed by atoms with Crippen molar-refractivity contribution in [2.24, 2.45) is 0 Å². The first kappa shape index (κ1) is 16.8. The summed E-state index contributed by atoms with van der Waals surface area (Å²) in [6.45, 7) is 3.41. The Kier molecular flexibility index (Phi) is 8.07. The van der Waals surface area contributed by atoms with Gasteiger partial charge < -0.3 is 15.2 Å². The summed E-state index contributed by atoms with van der Waals surface area (Å²) in [6.07, 6.45) is 4.84. The van der Waals surface area contributed by atoms with Gasteiger partial charge in [-0.15, -0.1) is 0 Å². The van der Waals surface area contributed by atoms with Gasteiger partial charge in [-0.25, -0.2) is 4.79 Å². The SMILES string of the molecule is CCCCCCNCc1cc(Cl)ccc1OCC(=O)O. The highest BCUT2D eigenvalue weighted by Gasteiger charge is 2.06. The number of carbonyl (C=O) groups is 1. The van der Waals surface area contributed by atoms with E-state index in [4.69, 9.17) is 21.4 Å². The van der Waals surface area contributed by atoms with Crippen LogP contribution in [0.5, 0.6) is 5.75 Å². The van der Waals surface area contributed by atoms with Crippen LogP contribution in [0.15, 0.2) is 18.2 Å². The number of carboxylic acid groups (broad SMARTS) is 1. The number of nitrogens with one attached hydrogen (secondary N) is 1. The average molecular weight is 300 g/mol. The van der Waals surface area contributed by atoms with Crippen molar-refractivity contribution in [1.29, 1.82) is 0 Å². The molecule has 0 aliphatic heterocycles. The van der Waals surface area contributed by atoms with Gasteiger partial charge in [-0.05, 0) is 31.2 Å². The molecule has 0 aliphatic rings. The second kappa shape index (κ2) is 9.61. The summed E-state index contributed by atoms with van der Waals surface area (Å²) in [5, 5.41) is 12.6. The fourth-order valence-electron chi connectivity index (χ4n) is 1.87. The van der Waals surface area contributed by atoms with E-state index in [1.807, 2.05) is 0 Å². The van der Waals surface area contributed by atoms with E-state index in [9.17, 15) is 4.79 Å². The molecule has 0 fully saturated rings. The Hall–Kier alpha value is -1.26. The van der Waals surface area contributed by atoms with Crippen molar-refractivity contribution in [2.75, 3.05) is 13.2 Å². The molecule has 1 aromatic rings. The van der Waals surface area contributed by atoms with Crippen molar-refractivity contribution in [3.8, 4) is 5.75 Å². The number of halogens is 1. The van der Waals surface area contributed by atoms with Gasteiger partial charge in [0.05, 0.1) is 0 Å². The molecule has 5 heteroatoms. The lowest BCUT2D eigenvalue weighted by atomic mass is 10.2. The highest BCUT2D eigenvalue weighted by Crippen LogP contribution is 2.22. The van der Waals surface area contributed by atoms with Crippen molar-refractivity contribution in [1.82, 2.24) is 5.32 Å². The second-order valence-electron chi connectivity index (χ2n) is 4.67. The fourth-order valence-corrected chi connectivity index (χ4v) is 2.06. The van der Waals surface area contributed by atoms with Gasteiger partial charge in [-0.3, -0.25) is 0 Å². The molecule has 1 rings (SSSR count). The van der Waals surface area contributed by atoms with Crippen LogP contribution in [-0.2, 0) is 11.3 Å². The monoisotopic (exact) mass is 299 g/mol. The standard InChI is InChI=1S/C15H22ClNO3/c1-2-3-4-5-8-17-10-12-9-13(16)6-7-14(12)20-11-15(18)19/h6-7,9,17H,2-5,8,10-11H2,1H3,(H,18,19). The third-order valence-corrected chi connectivity index (χ3v) is 3.13. The topological polar surface area (TPSA) is 58.6 Å². The minimum atomic E-state index is -0.988. The van der Waals surface area contributed by atoms with Crippen molar-refractivity contribution >= 4 is 17.6 Å². The summed E-state index contributed by atoms with van der Waals surface area (Å²) in [4.78, 5) is 10.5. The van der Waals surface area contributed by atoms with Crippen LogP contribution in [0, 0.1) is 0 Å². The zero-order valence-corrected chi connectivity index (χ0v) is 12.6. The molecular formula is C15H22ClNO3. The predicted molar refractivity (Wildman–Crippen MR) is 80.4 cm³/mol. The number of ether oxygens (including phenoxy) is 1. The Morgan fingerprint density at radius 3 is 2.85 bits per heavy atom. The molecule has 0 aliphatic carbocycles. The van der Waals surface area contributed by atoms with Crippen LogP contribution < -0.4 is 10.1 Å². The number of carboxylic acids is 1. The number of benzene rings is 1. The van der Waals surface area contributed by atoms with Crippen LogP contribution in [0.3, 0.4) is 0 Å². The summed E-state index contributed by atoms with van der Waals surface area (Å²) < 4.78 is 5.25. The average Bonchev–Trinajstić information content (AvgIpc) is 2.41. The summed E-state index contributed by atoms with van der Waals surface area (Å²) in [6, 6.07) is 5.21. The third kappa shape index (κ3) is 6.78. The summed E-state index contributed by atoms with van der Waals surface area (Å²) >= 11 is 5.96. The lowest BCUT2D eigenvalue weighted by molar-refractivity contribution is -0.139. The van der Waals surface area contributed by atoms with Gasteiger partial charge in [0.1, 0.15) is 5.75 Å². The first-order valence-electron chi connectivity index (χ1n) is 6.97. The van der Waals surface area contributed by atoms with Gasteiger partial charge in [0.25, 0.3) is 0 Å². The maximum absolute atomic E-state index is 10.5. The van der Waals surface area contributed by atoms with Crippen LogP contribution in [0.2, 0.25) is 5.02 Å². The molecule has 0 heterocycles. The molecule has 20 heavy (non-hydrogen) atoms. The zero-order chi connectivity index (χ0) is 14.8. The van der Waals surface area contributed by atoms with Crippen molar-refractivity contribution in [3.05, 3.63) is 28.8 Å². The lowest BCUT2D eigenvalue weighted by Crippen LogP contribution is -2.16. The molecule has 112 valence electrons. The van der Waals surface area contributed by atoms with Crippen molar-refractivity contribution in [3.63, 3.8) is 0 Å². The highest BCUT2D eigenvalue weighted by molar-refractivity contribution is 6.30. The molecule has 0 amide bonds. The van der Waals surface area contributed by atoms with E-state index >= 15 is 0 Å². The van der Waals surface area contributed by atoms with Crippen LogP contribution in [-0.4, -0.2) is 24.2 Å². The third-order valence-electron chi connectivity index (χ3n) is 2.90. The van der Waals surface area contributed by atoms with Crippen LogP contribution in [0.25, 0.3) is 0 Å². The Balaban J connectivity index is 2.45.